The summed E-state index contributed by atoms with van der Waals surface area (Å²) in [4.78, 5) is 0. The Morgan fingerprint density at radius 1 is 1.50 bits per heavy atom. The summed E-state index contributed by atoms with van der Waals surface area (Å²) < 4.78 is 37.5. The number of alkyl halides is 3. The molecule has 0 heterocycles. The Morgan fingerprint density at radius 3 is 2.60 bits per heavy atom. The average molecular weight is 304 g/mol. The van der Waals surface area contributed by atoms with Gasteiger partial charge in [0.15, 0.2) is 0 Å². The summed E-state index contributed by atoms with van der Waals surface area (Å²) in [5, 5.41) is 7.99. The summed E-state index contributed by atoms with van der Waals surface area (Å²) in [6.45, 7) is 7.17. The molecular formula is C13H13ClF3N3. The zero-order chi connectivity index (χ0) is 15.3. The third-order valence-electron chi connectivity index (χ3n) is 2.42. The van der Waals surface area contributed by atoms with E-state index in [1.807, 2.05) is 0 Å². The maximum atomic E-state index is 12.5. The van der Waals surface area contributed by atoms with Gasteiger partial charge in [-0.2, -0.15) is 18.3 Å². The Morgan fingerprint density at radius 2 is 2.15 bits per heavy atom. The van der Waals surface area contributed by atoms with Gasteiger partial charge in [-0.15, -0.1) is 5.73 Å². The first-order chi connectivity index (χ1) is 9.27. The van der Waals surface area contributed by atoms with Gasteiger partial charge in [-0.3, -0.25) is 5.01 Å². The molecule has 0 radical (unpaired) electrons. The van der Waals surface area contributed by atoms with Crippen LogP contribution in [-0.4, -0.2) is 25.3 Å². The third-order valence-corrected chi connectivity index (χ3v) is 2.74. The lowest BCUT2D eigenvalue weighted by atomic mass is 10.2. The molecule has 0 fully saturated rings. The lowest BCUT2D eigenvalue weighted by Gasteiger charge is -2.16. The molecule has 7 heteroatoms. The van der Waals surface area contributed by atoms with Crippen molar-refractivity contribution >= 4 is 24.0 Å². The SMILES string of the molecule is C=C=C(CN(C)N=C)Nc1ccc(C(F)(F)F)cc1Cl. The molecule has 0 aromatic heterocycles. The molecule has 108 valence electrons. The summed E-state index contributed by atoms with van der Waals surface area (Å²) in [6, 6.07) is 3.06. The van der Waals surface area contributed by atoms with Crippen LogP contribution in [0.15, 0.2) is 41.3 Å². The Labute approximate surface area is 120 Å². The molecule has 0 saturated carbocycles. The van der Waals surface area contributed by atoms with Crippen LogP contribution in [0.5, 0.6) is 0 Å². The molecule has 0 unspecified atom stereocenters. The number of hydrogen-bond acceptors (Lipinski definition) is 3. The fourth-order valence-corrected chi connectivity index (χ4v) is 1.60. The maximum Gasteiger partial charge on any atom is 0.416 e. The average Bonchev–Trinajstić information content (AvgIpc) is 2.38. The normalized spacial score (nSPS) is 10.7. The smallest absolute Gasteiger partial charge is 0.350 e. The van der Waals surface area contributed by atoms with E-state index >= 15 is 0 Å². The molecule has 0 aliphatic carbocycles. The van der Waals surface area contributed by atoms with Crippen LogP contribution in [-0.2, 0) is 6.18 Å². The third kappa shape index (κ3) is 4.33. The summed E-state index contributed by atoms with van der Waals surface area (Å²) in [7, 11) is 1.68. The van der Waals surface area contributed by atoms with Crippen LogP contribution in [0.4, 0.5) is 18.9 Å². The van der Waals surface area contributed by atoms with Gasteiger partial charge in [0.25, 0.3) is 0 Å². The molecule has 0 bridgehead atoms. The molecule has 1 aromatic rings. The van der Waals surface area contributed by atoms with Gasteiger partial charge in [-0.1, -0.05) is 18.2 Å². The van der Waals surface area contributed by atoms with Gasteiger partial charge >= 0.3 is 6.18 Å². The highest BCUT2D eigenvalue weighted by Crippen LogP contribution is 2.34. The number of halogens is 4. The van der Waals surface area contributed by atoms with Crippen molar-refractivity contribution in [2.24, 2.45) is 5.10 Å². The molecule has 0 aliphatic heterocycles. The summed E-state index contributed by atoms with van der Waals surface area (Å²) >= 11 is 5.83. The van der Waals surface area contributed by atoms with Gasteiger partial charge in [0.05, 0.1) is 28.5 Å². The van der Waals surface area contributed by atoms with Crippen molar-refractivity contribution < 1.29 is 13.2 Å². The standard InChI is InChI=1S/C13H13ClF3N3/c1-4-10(8-20(3)18-2)19-12-6-5-9(7-11(12)14)13(15,16)17/h5-7,19H,1-2,8H2,3H3. The maximum absolute atomic E-state index is 12.5. The summed E-state index contributed by atoms with van der Waals surface area (Å²) in [5.74, 6) is 0. The number of nitrogens with zero attached hydrogens (tertiary/aromatic N) is 2. The minimum atomic E-state index is -4.42. The minimum Gasteiger partial charge on any atom is -0.350 e. The molecule has 20 heavy (non-hydrogen) atoms. The van der Waals surface area contributed by atoms with Crippen molar-refractivity contribution in [2.75, 3.05) is 18.9 Å². The molecule has 0 spiro atoms. The highest BCUT2D eigenvalue weighted by Gasteiger charge is 2.30. The monoisotopic (exact) mass is 303 g/mol. The topological polar surface area (TPSA) is 27.6 Å². The molecule has 1 rings (SSSR count). The van der Waals surface area contributed by atoms with E-state index in [1.165, 1.54) is 11.1 Å². The number of anilines is 1. The minimum absolute atomic E-state index is 0.0400. The van der Waals surface area contributed by atoms with E-state index in [4.69, 9.17) is 11.6 Å². The lowest BCUT2D eigenvalue weighted by molar-refractivity contribution is -0.137. The molecule has 1 aromatic carbocycles. The molecule has 0 atom stereocenters. The van der Waals surface area contributed by atoms with Crippen molar-refractivity contribution in [3.05, 3.63) is 46.8 Å². The van der Waals surface area contributed by atoms with Gasteiger partial charge in [-0.25, -0.2) is 0 Å². The van der Waals surface area contributed by atoms with E-state index < -0.39 is 11.7 Å². The predicted molar refractivity (Wildman–Crippen MR) is 74.9 cm³/mol. The molecular weight excluding hydrogens is 291 g/mol. The molecule has 1 N–H and O–H groups in total. The first kappa shape index (κ1) is 16.1. The van der Waals surface area contributed by atoms with Crippen molar-refractivity contribution in [1.29, 1.82) is 0 Å². The number of rotatable bonds is 5. The molecule has 0 saturated heterocycles. The Kier molecular flexibility index (Phi) is 5.25. The zero-order valence-corrected chi connectivity index (χ0v) is 11.5. The first-order valence-electron chi connectivity index (χ1n) is 5.48. The lowest BCUT2D eigenvalue weighted by Crippen LogP contribution is -2.18. The van der Waals surface area contributed by atoms with Crippen LogP contribution < -0.4 is 5.32 Å². The number of benzene rings is 1. The largest absolute Gasteiger partial charge is 0.416 e. The van der Waals surface area contributed by atoms with E-state index in [-0.39, 0.29) is 5.02 Å². The van der Waals surface area contributed by atoms with E-state index in [0.717, 1.165) is 12.1 Å². The van der Waals surface area contributed by atoms with Crippen molar-refractivity contribution in [3.63, 3.8) is 0 Å². The summed E-state index contributed by atoms with van der Waals surface area (Å²) in [5.41, 5.74) is 2.68. The number of nitrogens with one attached hydrogen (secondary N) is 1. The van der Waals surface area contributed by atoms with Gasteiger partial charge in [0.1, 0.15) is 0 Å². The first-order valence-corrected chi connectivity index (χ1v) is 5.86. The highest BCUT2D eigenvalue weighted by atomic mass is 35.5. The second kappa shape index (κ2) is 6.50. The van der Waals surface area contributed by atoms with Crippen LogP contribution in [0.2, 0.25) is 5.02 Å². The van der Waals surface area contributed by atoms with E-state index in [0.29, 0.717) is 17.9 Å². The second-order valence-electron chi connectivity index (χ2n) is 3.93. The number of likely N-dealkylation sites (N-methyl/N-ethyl adjacent to an activating group) is 1. The van der Waals surface area contributed by atoms with Crippen LogP contribution in [0.3, 0.4) is 0 Å². The fourth-order valence-electron chi connectivity index (χ4n) is 1.37. The van der Waals surface area contributed by atoms with Gasteiger partial charge in [0.2, 0.25) is 0 Å². The van der Waals surface area contributed by atoms with E-state index in [2.05, 4.69) is 29.4 Å². The molecule has 0 amide bonds. The predicted octanol–water partition coefficient (Wildman–Crippen LogP) is 3.99. The van der Waals surface area contributed by atoms with E-state index in [9.17, 15) is 13.2 Å². The van der Waals surface area contributed by atoms with Gasteiger partial charge < -0.3 is 5.32 Å². The quantitative estimate of drug-likeness (QED) is 0.506. The Hall–Kier alpha value is -1.91. The van der Waals surface area contributed by atoms with Gasteiger partial charge in [-0.05, 0) is 18.2 Å². The van der Waals surface area contributed by atoms with Crippen LogP contribution in [0.25, 0.3) is 0 Å². The van der Waals surface area contributed by atoms with Crippen LogP contribution >= 0.6 is 11.6 Å². The Bertz CT molecular complexity index is 548. The fraction of sp³-hybridized carbons (Fsp3) is 0.231. The highest BCUT2D eigenvalue weighted by molar-refractivity contribution is 6.33. The number of hydrogen-bond donors (Lipinski definition) is 1. The van der Waals surface area contributed by atoms with Crippen molar-refractivity contribution in [2.45, 2.75) is 6.18 Å². The summed E-state index contributed by atoms with van der Waals surface area (Å²) in [6.07, 6.45) is -4.42. The zero-order valence-electron chi connectivity index (χ0n) is 10.8. The molecule has 3 nitrogen and oxygen atoms in total. The number of hydrazone groups is 1. The molecule has 0 aliphatic rings. The van der Waals surface area contributed by atoms with Crippen LogP contribution in [0.1, 0.15) is 5.56 Å². The van der Waals surface area contributed by atoms with Gasteiger partial charge in [0, 0.05) is 13.8 Å². The van der Waals surface area contributed by atoms with Crippen molar-refractivity contribution in [3.8, 4) is 0 Å². The van der Waals surface area contributed by atoms with Crippen LogP contribution in [0, 0.1) is 0 Å². The Balaban J connectivity index is 2.93. The second-order valence-corrected chi connectivity index (χ2v) is 4.34. The van der Waals surface area contributed by atoms with E-state index in [1.54, 1.807) is 7.05 Å². The van der Waals surface area contributed by atoms with Crippen molar-refractivity contribution in [1.82, 2.24) is 5.01 Å².